The molecule has 26 heavy (non-hydrogen) atoms. The quantitative estimate of drug-likeness (QED) is 0.803. The van der Waals surface area contributed by atoms with Crippen LogP contribution in [0.1, 0.15) is 78.6 Å². The predicted molar refractivity (Wildman–Crippen MR) is 101 cm³/mol. The standard InChI is InChI=1S/C21H25NO4/c1-2-7-15(13-8-6-9-14(22)12-13)18-20(24)19-16(23)10-4-3-5-11-17(19)26-21(18)25/h6,8-9,12,15,24H,2-5,7,10-11,22H2,1H3. The Balaban J connectivity index is 2.19. The molecule has 0 fully saturated rings. The second-order valence-corrected chi connectivity index (χ2v) is 6.95. The summed E-state index contributed by atoms with van der Waals surface area (Å²) in [7, 11) is 0. The molecule has 0 saturated carbocycles. The molecule has 1 aromatic heterocycles. The van der Waals surface area contributed by atoms with Gasteiger partial charge in [0.2, 0.25) is 0 Å². The van der Waals surface area contributed by atoms with Crippen molar-refractivity contribution in [3.63, 3.8) is 0 Å². The zero-order valence-corrected chi connectivity index (χ0v) is 15.1. The van der Waals surface area contributed by atoms with Gasteiger partial charge in [0, 0.05) is 24.4 Å². The molecular weight excluding hydrogens is 330 g/mol. The van der Waals surface area contributed by atoms with Gasteiger partial charge in [-0.05, 0) is 37.0 Å². The number of aryl methyl sites for hydroxylation is 1. The second-order valence-electron chi connectivity index (χ2n) is 6.95. The summed E-state index contributed by atoms with van der Waals surface area (Å²) >= 11 is 0. The fraction of sp³-hybridized carbons (Fsp3) is 0.429. The number of aromatic hydroxyl groups is 1. The minimum absolute atomic E-state index is 0.148. The predicted octanol–water partition coefficient (Wildman–Crippen LogP) is 4.16. The first-order valence-electron chi connectivity index (χ1n) is 9.30. The molecule has 1 aromatic carbocycles. The van der Waals surface area contributed by atoms with Gasteiger partial charge in [-0.1, -0.05) is 31.9 Å². The Morgan fingerprint density at radius 2 is 1.96 bits per heavy atom. The summed E-state index contributed by atoms with van der Waals surface area (Å²) in [6.07, 6.45) is 4.87. The summed E-state index contributed by atoms with van der Waals surface area (Å²) in [6.45, 7) is 2.01. The summed E-state index contributed by atoms with van der Waals surface area (Å²) in [5.74, 6) is -0.388. The molecule has 0 bridgehead atoms. The van der Waals surface area contributed by atoms with E-state index in [4.69, 9.17) is 10.2 Å². The Morgan fingerprint density at radius 1 is 1.19 bits per heavy atom. The summed E-state index contributed by atoms with van der Waals surface area (Å²) in [5.41, 5.74) is 7.14. The molecule has 3 N–H and O–H groups in total. The number of carbonyl (C=O) groups is 1. The van der Waals surface area contributed by atoms with E-state index >= 15 is 0 Å². The maximum absolute atomic E-state index is 12.7. The zero-order valence-electron chi connectivity index (χ0n) is 15.1. The molecule has 0 spiro atoms. The molecule has 0 radical (unpaired) electrons. The van der Waals surface area contributed by atoms with Gasteiger partial charge in [0.1, 0.15) is 11.5 Å². The first kappa shape index (κ1) is 18.2. The van der Waals surface area contributed by atoms with Crippen molar-refractivity contribution in [3.05, 3.63) is 57.1 Å². The molecule has 1 heterocycles. The number of ketones is 1. The molecule has 5 heteroatoms. The molecule has 0 amide bonds. The third-order valence-electron chi connectivity index (χ3n) is 5.03. The highest BCUT2D eigenvalue weighted by Crippen LogP contribution is 2.37. The number of benzene rings is 1. The Hall–Kier alpha value is -2.56. The van der Waals surface area contributed by atoms with Crippen LogP contribution in [-0.2, 0) is 6.42 Å². The fourth-order valence-electron chi connectivity index (χ4n) is 3.77. The number of anilines is 1. The van der Waals surface area contributed by atoms with Gasteiger partial charge in [-0.3, -0.25) is 4.79 Å². The molecule has 1 aliphatic rings. The van der Waals surface area contributed by atoms with Crippen LogP contribution in [0.3, 0.4) is 0 Å². The molecule has 0 saturated heterocycles. The lowest BCUT2D eigenvalue weighted by Gasteiger charge is -2.21. The molecule has 1 unspecified atom stereocenters. The van der Waals surface area contributed by atoms with E-state index in [9.17, 15) is 14.7 Å². The van der Waals surface area contributed by atoms with Crippen LogP contribution >= 0.6 is 0 Å². The van der Waals surface area contributed by atoms with Crippen LogP contribution < -0.4 is 11.4 Å². The van der Waals surface area contributed by atoms with Crippen molar-refractivity contribution in [2.45, 2.75) is 57.8 Å². The van der Waals surface area contributed by atoms with Gasteiger partial charge in [-0.2, -0.15) is 0 Å². The van der Waals surface area contributed by atoms with Crippen LogP contribution in [0.15, 0.2) is 33.5 Å². The third kappa shape index (κ3) is 3.52. The first-order chi connectivity index (χ1) is 12.5. The Morgan fingerprint density at radius 3 is 2.69 bits per heavy atom. The highest BCUT2D eigenvalue weighted by molar-refractivity contribution is 5.99. The van der Waals surface area contributed by atoms with Gasteiger partial charge in [-0.15, -0.1) is 0 Å². The van der Waals surface area contributed by atoms with E-state index in [-0.39, 0.29) is 28.6 Å². The molecule has 138 valence electrons. The van der Waals surface area contributed by atoms with Crippen molar-refractivity contribution < 1.29 is 14.3 Å². The van der Waals surface area contributed by atoms with Crippen LogP contribution in [0, 0.1) is 0 Å². The summed E-state index contributed by atoms with van der Waals surface area (Å²) < 4.78 is 5.53. The van der Waals surface area contributed by atoms with Crippen LogP contribution in [0.2, 0.25) is 0 Å². The fourth-order valence-corrected chi connectivity index (χ4v) is 3.77. The Kier molecular flexibility index (Phi) is 5.45. The minimum atomic E-state index is -0.560. The van der Waals surface area contributed by atoms with E-state index in [0.29, 0.717) is 30.7 Å². The van der Waals surface area contributed by atoms with E-state index < -0.39 is 5.63 Å². The summed E-state index contributed by atoms with van der Waals surface area (Å²) in [4.78, 5) is 25.3. The zero-order chi connectivity index (χ0) is 18.7. The van der Waals surface area contributed by atoms with E-state index in [1.807, 2.05) is 19.1 Å². The van der Waals surface area contributed by atoms with Crippen molar-refractivity contribution >= 4 is 11.5 Å². The van der Waals surface area contributed by atoms with Crippen molar-refractivity contribution in [2.24, 2.45) is 0 Å². The highest BCUT2D eigenvalue weighted by Gasteiger charge is 2.29. The van der Waals surface area contributed by atoms with Crippen LogP contribution in [0.4, 0.5) is 5.69 Å². The molecule has 1 aliphatic carbocycles. The van der Waals surface area contributed by atoms with Crippen LogP contribution in [-0.4, -0.2) is 10.9 Å². The summed E-state index contributed by atoms with van der Waals surface area (Å²) in [6, 6.07) is 7.29. The number of carbonyl (C=O) groups excluding carboxylic acids is 1. The van der Waals surface area contributed by atoms with Crippen molar-refractivity contribution in [3.8, 4) is 5.75 Å². The average Bonchev–Trinajstić information content (AvgIpc) is 2.58. The van der Waals surface area contributed by atoms with Crippen molar-refractivity contribution in [1.29, 1.82) is 0 Å². The lowest BCUT2D eigenvalue weighted by atomic mass is 9.85. The van der Waals surface area contributed by atoms with Gasteiger partial charge in [0.15, 0.2) is 5.78 Å². The van der Waals surface area contributed by atoms with E-state index in [1.54, 1.807) is 12.1 Å². The number of nitrogen functional groups attached to an aromatic ring is 1. The molecule has 2 aromatic rings. The molecular formula is C21H25NO4. The topological polar surface area (TPSA) is 93.5 Å². The van der Waals surface area contributed by atoms with E-state index in [0.717, 1.165) is 31.2 Å². The Labute approximate surface area is 152 Å². The van der Waals surface area contributed by atoms with Crippen LogP contribution in [0.25, 0.3) is 0 Å². The minimum Gasteiger partial charge on any atom is -0.506 e. The SMILES string of the molecule is CCCC(c1cccc(N)c1)c1c(O)c2c(oc1=O)CCCCCC2=O. The number of nitrogens with two attached hydrogens (primary N) is 1. The highest BCUT2D eigenvalue weighted by atomic mass is 16.4. The number of fused-ring (bicyclic) bond motifs is 1. The number of rotatable bonds is 4. The van der Waals surface area contributed by atoms with Gasteiger partial charge in [-0.25, -0.2) is 4.79 Å². The average molecular weight is 355 g/mol. The van der Waals surface area contributed by atoms with E-state index in [1.165, 1.54) is 0 Å². The van der Waals surface area contributed by atoms with Gasteiger partial charge in [0.05, 0.1) is 11.1 Å². The normalized spacial score (nSPS) is 15.8. The number of hydrogen-bond acceptors (Lipinski definition) is 5. The lowest BCUT2D eigenvalue weighted by Crippen LogP contribution is -2.20. The molecule has 1 atom stereocenters. The lowest BCUT2D eigenvalue weighted by molar-refractivity contribution is 0.0968. The Bertz CT molecular complexity index is 869. The first-order valence-corrected chi connectivity index (χ1v) is 9.30. The van der Waals surface area contributed by atoms with Crippen molar-refractivity contribution in [1.82, 2.24) is 0 Å². The number of hydrogen-bond donors (Lipinski definition) is 2. The van der Waals surface area contributed by atoms with Crippen LogP contribution in [0.5, 0.6) is 5.75 Å². The largest absolute Gasteiger partial charge is 0.506 e. The maximum Gasteiger partial charge on any atom is 0.343 e. The number of Topliss-reactive ketones (excluding diaryl/α,β-unsaturated/α-hetero) is 1. The second kappa shape index (κ2) is 7.77. The third-order valence-corrected chi connectivity index (χ3v) is 5.03. The molecule has 3 rings (SSSR count). The maximum atomic E-state index is 12.7. The monoisotopic (exact) mass is 355 g/mol. The van der Waals surface area contributed by atoms with Gasteiger partial charge < -0.3 is 15.3 Å². The molecule has 0 aliphatic heterocycles. The van der Waals surface area contributed by atoms with Gasteiger partial charge in [0.25, 0.3) is 0 Å². The van der Waals surface area contributed by atoms with Gasteiger partial charge >= 0.3 is 5.63 Å². The summed E-state index contributed by atoms with van der Waals surface area (Å²) in [5, 5.41) is 10.9. The van der Waals surface area contributed by atoms with Crippen molar-refractivity contribution in [2.75, 3.05) is 5.73 Å². The smallest absolute Gasteiger partial charge is 0.343 e. The molecule has 5 nitrogen and oxygen atoms in total. The van der Waals surface area contributed by atoms with E-state index in [2.05, 4.69) is 0 Å².